The zero-order valence-electron chi connectivity index (χ0n) is 40.2. The molecule has 0 spiro atoms. The summed E-state index contributed by atoms with van der Waals surface area (Å²) in [5.74, 6) is -0.752. The number of rotatable bonds is 20. The summed E-state index contributed by atoms with van der Waals surface area (Å²) in [7, 11) is -0.878. The van der Waals surface area contributed by atoms with E-state index < -0.39 is 50.5 Å². The van der Waals surface area contributed by atoms with Crippen molar-refractivity contribution >= 4 is 32.1 Å². The van der Waals surface area contributed by atoms with E-state index in [9.17, 15) is 14.0 Å². The Bertz CT molecular complexity index is 2610. The molecule has 11 nitrogen and oxygen atoms in total. The predicted molar refractivity (Wildman–Crippen MR) is 268 cm³/mol. The molecule has 0 aliphatic carbocycles. The molecule has 69 heavy (non-hydrogen) atoms. The normalized spacial score (nSPS) is 15.1. The van der Waals surface area contributed by atoms with Crippen molar-refractivity contribution in [1.82, 2.24) is 10.2 Å². The van der Waals surface area contributed by atoms with Gasteiger partial charge in [-0.3, -0.25) is 4.79 Å². The fourth-order valence-corrected chi connectivity index (χ4v) is 9.35. The Morgan fingerprint density at radius 1 is 0.783 bits per heavy atom. The van der Waals surface area contributed by atoms with Crippen molar-refractivity contribution in [2.45, 2.75) is 89.7 Å². The number of nitrogens with one attached hydrogen (secondary N) is 2. The first-order valence-electron chi connectivity index (χ1n) is 23.3. The van der Waals surface area contributed by atoms with Crippen molar-refractivity contribution < 1.29 is 42.1 Å². The molecule has 1 fully saturated rings. The average Bonchev–Trinajstić information content (AvgIpc) is 3.75. The van der Waals surface area contributed by atoms with Crippen molar-refractivity contribution in [3.05, 3.63) is 197 Å². The minimum Gasteiger partial charge on any atom is -0.497 e. The Morgan fingerprint density at radius 3 is 2.04 bits per heavy atom. The third-order valence-electron chi connectivity index (χ3n) is 13.0. The summed E-state index contributed by atoms with van der Waals surface area (Å²) in [5, 5.41) is 6.32. The van der Waals surface area contributed by atoms with Gasteiger partial charge in [0.2, 0.25) is 5.91 Å². The molecule has 1 saturated heterocycles. The third-order valence-corrected chi connectivity index (χ3v) is 17.4. The molecule has 2 N–H and O–H groups in total. The highest BCUT2D eigenvalue weighted by atomic mass is 28.4. The molecule has 6 aromatic carbocycles. The van der Waals surface area contributed by atoms with Crippen LogP contribution in [0.1, 0.15) is 85.2 Å². The number of anilines is 1. The van der Waals surface area contributed by atoms with Crippen LogP contribution in [-0.4, -0.2) is 45.0 Å². The highest BCUT2D eigenvalue weighted by Crippen LogP contribution is 2.45. The van der Waals surface area contributed by atoms with Crippen LogP contribution in [-0.2, 0) is 38.5 Å². The Labute approximate surface area is 406 Å². The zero-order valence-corrected chi connectivity index (χ0v) is 41.2. The van der Waals surface area contributed by atoms with Crippen molar-refractivity contribution in [2.75, 3.05) is 19.0 Å². The molecule has 7 rings (SSSR count). The number of cyclic esters (lactones) is 1. The first-order valence-corrected chi connectivity index (χ1v) is 26.2. The number of nitrogens with zero attached hydrogens (tertiary/aromatic N) is 1. The van der Waals surface area contributed by atoms with Gasteiger partial charge in [0.15, 0.2) is 8.32 Å². The van der Waals surface area contributed by atoms with Crippen LogP contribution in [0.25, 0.3) is 0 Å². The van der Waals surface area contributed by atoms with E-state index in [-0.39, 0.29) is 37.1 Å². The van der Waals surface area contributed by atoms with Crippen LogP contribution >= 0.6 is 0 Å². The van der Waals surface area contributed by atoms with Crippen molar-refractivity contribution in [3.8, 4) is 11.5 Å². The molecule has 13 heteroatoms. The van der Waals surface area contributed by atoms with Crippen molar-refractivity contribution in [2.24, 2.45) is 5.92 Å². The van der Waals surface area contributed by atoms with E-state index in [2.05, 4.69) is 44.5 Å². The second kappa shape index (κ2) is 22.9. The number of halogens is 1. The van der Waals surface area contributed by atoms with E-state index in [0.29, 0.717) is 35.7 Å². The molecule has 0 aromatic heterocycles. The highest BCUT2D eigenvalue weighted by molar-refractivity contribution is 6.74. The zero-order chi connectivity index (χ0) is 49.0. The molecular formula is C56H62FN3O8Si. The number of amides is 3. The number of imide groups is 1. The Balaban J connectivity index is 1.29. The minimum atomic E-state index is -2.46. The maximum atomic E-state index is 15.7. The number of carbonyl (C=O) groups excluding carboxylic acids is 3. The number of methoxy groups -OCH3 is 1. The van der Waals surface area contributed by atoms with E-state index in [1.54, 1.807) is 25.3 Å². The van der Waals surface area contributed by atoms with Gasteiger partial charge in [-0.15, -0.1) is 0 Å². The SMILES string of the molecule is COc1ccc(C(Nc2ccc(COC(=O)NCc3ccccc3)cc2)C(CCC(O[Si](C)(C)C(C)(C)C)c2ccc(F)cc2)C(=O)N2C(=O)OCC2c2ccccc2)c(OCc2ccccc2)c1. The molecule has 0 bridgehead atoms. The molecule has 360 valence electrons. The largest absolute Gasteiger partial charge is 0.497 e. The van der Waals surface area contributed by atoms with E-state index in [1.165, 1.54) is 17.0 Å². The van der Waals surface area contributed by atoms with E-state index in [4.69, 9.17) is 23.4 Å². The Hall–Kier alpha value is -6.96. The predicted octanol–water partition coefficient (Wildman–Crippen LogP) is 12.9. The maximum absolute atomic E-state index is 15.7. The maximum Gasteiger partial charge on any atom is 0.417 e. The minimum absolute atomic E-state index is 0.00608. The monoisotopic (exact) mass is 951 g/mol. The lowest BCUT2D eigenvalue weighted by atomic mass is 9.85. The summed E-state index contributed by atoms with van der Waals surface area (Å²) >= 11 is 0. The lowest BCUT2D eigenvalue weighted by Gasteiger charge is -2.40. The molecule has 0 saturated carbocycles. The first-order chi connectivity index (χ1) is 33.2. The van der Waals surface area contributed by atoms with E-state index in [1.807, 2.05) is 127 Å². The molecule has 4 unspecified atom stereocenters. The van der Waals surface area contributed by atoms with Gasteiger partial charge in [0, 0.05) is 23.9 Å². The van der Waals surface area contributed by atoms with Gasteiger partial charge in [0.05, 0.1) is 25.2 Å². The van der Waals surface area contributed by atoms with Crippen molar-refractivity contribution in [1.29, 1.82) is 0 Å². The summed E-state index contributed by atoms with van der Waals surface area (Å²) < 4.78 is 45.2. The number of alkyl carbamates (subject to hydrolysis) is 1. The van der Waals surface area contributed by atoms with Crippen LogP contribution in [0.5, 0.6) is 11.5 Å². The number of carbonyl (C=O) groups is 3. The van der Waals surface area contributed by atoms with Crippen LogP contribution in [0, 0.1) is 11.7 Å². The van der Waals surface area contributed by atoms with Crippen LogP contribution in [0.2, 0.25) is 18.1 Å². The lowest BCUT2D eigenvalue weighted by Crippen LogP contribution is -2.43. The summed E-state index contributed by atoms with van der Waals surface area (Å²) in [6.45, 7) is 11.4. The molecule has 3 amide bonds. The number of ether oxygens (including phenoxy) is 4. The van der Waals surface area contributed by atoms with Crippen molar-refractivity contribution in [3.63, 3.8) is 0 Å². The molecule has 4 atom stereocenters. The fraction of sp³-hybridized carbons (Fsp3) is 0.304. The number of benzene rings is 6. The molecule has 1 aliphatic rings. The van der Waals surface area contributed by atoms with Crippen LogP contribution in [0.15, 0.2) is 158 Å². The van der Waals surface area contributed by atoms with Crippen LogP contribution < -0.4 is 20.1 Å². The molecule has 0 radical (unpaired) electrons. The third kappa shape index (κ3) is 13.2. The average molecular weight is 952 g/mol. The number of hydrogen-bond acceptors (Lipinski definition) is 9. The summed E-state index contributed by atoms with van der Waals surface area (Å²) in [5.41, 5.74) is 5.46. The van der Waals surface area contributed by atoms with Crippen LogP contribution in [0.3, 0.4) is 0 Å². The number of hydrogen-bond donors (Lipinski definition) is 2. The van der Waals surface area contributed by atoms with Gasteiger partial charge in [0.1, 0.15) is 43.2 Å². The van der Waals surface area contributed by atoms with Gasteiger partial charge in [-0.25, -0.2) is 18.9 Å². The van der Waals surface area contributed by atoms with E-state index in [0.717, 1.165) is 27.8 Å². The lowest BCUT2D eigenvalue weighted by molar-refractivity contribution is -0.134. The van der Waals surface area contributed by atoms with Gasteiger partial charge in [0.25, 0.3) is 0 Å². The smallest absolute Gasteiger partial charge is 0.417 e. The summed E-state index contributed by atoms with van der Waals surface area (Å²) in [4.78, 5) is 43.5. The first kappa shape index (κ1) is 49.9. The summed E-state index contributed by atoms with van der Waals surface area (Å²) in [6.07, 6.45) is -1.25. The van der Waals surface area contributed by atoms with Crippen LogP contribution in [0.4, 0.5) is 19.7 Å². The Morgan fingerprint density at radius 2 is 1.41 bits per heavy atom. The molecule has 1 heterocycles. The molecular weight excluding hydrogens is 890 g/mol. The van der Waals surface area contributed by atoms with Gasteiger partial charge in [-0.2, -0.15) is 0 Å². The van der Waals surface area contributed by atoms with Gasteiger partial charge in [-0.05, 0) is 95.2 Å². The molecule has 1 aliphatic heterocycles. The summed E-state index contributed by atoms with van der Waals surface area (Å²) in [6, 6.07) is 46.5. The fourth-order valence-electron chi connectivity index (χ4n) is 8.03. The quantitative estimate of drug-likeness (QED) is 0.0720. The second-order valence-corrected chi connectivity index (χ2v) is 23.5. The van der Waals surface area contributed by atoms with Gasteiger partial charge in [-0.1, -0.05) is 136 Å². The standard InChI is InChI=1S/C56H62FN3O8Si/c1-56(2,3)69(5,6)68-50(43-24-26-44(57)27-25-43)33-32-48(53(61)60-49(38-67-55(60)63)42-20-14-9-15-21-42)52(47-31-30-46(64-4)34-51(47)65-36-40-18-12-8-13-19-40)59-45-28-22-41(23-29-45)37-66-54(62)58-35-39-16-10-7-11-17-39/h7-31,34,48-50,52,59H,32-33,35-38H2,1-6H3,(H,58,62). The van der Waals surface area contributed by atoms with E-state index >= 15 is 4.79 Å². The molecule has 6 aromatic rings. The topological polar surface area (TPSA) is 125 Å². The van der Waals surface area contributed by atoms with Gasteiger partial charge >= 0.3 is 12.2 Å². The van der Waals surface area contributed by atoms with Gasteiger partial charge < -0.3 is 34.0 Å². The highest BCUT2D eigenvalue weighted by Gasteiger charge is 2.46. The Kier molecular flexibility index (Phi) is 16.6. The second-order valence-electron chi connectivity index (χ2n) is 18.7.